The van der Waals surface area contributed by atoms with Crippen LogP contribution in [-0.2, 0) is 6.42 Å². The Labute approximate surface area is 113 Å². The summed E-state index contributed by atoms with van der Waals surface area (Å²) in [5, 5.41) is 14.8. The quantitative estimate of drug-likeness (QED) is 0.899. The molecule has 0 spiro atoms. The second-order valence-electron chi connectivity index (χ2n) is 4.84. The molecule has 1 atom stereocenters. The first-order valence-electron chi connectivity index (χ1n) is 6.47. The molecule has 0 aliphatic heterocycles. The highest BCUT2D eigenvalue weighted by molar-refractivity contribution is 5.35. The molecule has 4 nitrogen and oxygen atoms in total. The van der Waals surface area contributed by atoms with Crippen LogP contribution >= 0.6 is 0 Å². The van der Waals surface area contributed by atoms with Gasteiger partial charge in [0.15, 0.2) is 0 Å². The van der Waals surface area contributed by atoms with Crippen LogP contribution in [0, 0.1) is 0 Å². The predicted molar refractivity (Wildman–Crippen MR) is 74.3 cm³/mol. The van der Waals surface area contributed by atoms with E-state index < -0.39 is 6.10 Å². The zero-order chi connectivity index (χ0) is 13.8. The van der Waals surface area contributed by atoms with Crippen LogP contribution < -0.4 is 4.74 Å². The highest BCUT2D eigenvalue weighted by Gasteiger charge is 2.15. The highest BCUT2D eigenvalue weighted by atomic mass is 16.5. The largest absolute Gasteiger partial charge is 0.496 e. The standard InChI is InChI=1S/C15H20N2O2/c1-11(2)17-9-8-12(16-17)10-14(18)13-6-4-5-7-15(13)19-3/h4-9,11,14,18H,10H2,1-3H3. The molecule has 0 bridgehead atoms. The van der Waals surface area contributed by atoms with Crippen LogP contribution in [0.15, 0.2) is 36.5 Å². The first-order valence-corrected chi connectivity index (χ1v) is 6.47. The number of rotatable bonds is 5. The Hall–Kier alpha value is -1.81. The number of aliphatic hydroxyl groups excluding tert-OH is 1. The summed E-state index contributed by atoms with van der Waals surface area (Å²) < 4.78 is 7.16. The van der Waals surface area contributed by atoms with E-state index in [0.717, 1.165) is 11.3 Å². The van der Waals surface area contributed by atoms with E-state index in [1.165, 1.54) is 0 Å². The molecule has 1 N–H and O–H groups in total. The number of ether oxygens (including phenoxy) is 1. The number of nitrogens with zero attached hydrogens (tertiary/aromatic N) is 2. The van der Waals surface area contributed by atoms with Crippen molar-refractivity contribution in [1.82, 2.24) is 9.78 Å². The van der Waals surface area contributed by atoms with Gasteiger partial charge in [0, 0.05) is 24.2 Å². The van der Waals surface area contributed by atoms with Crippen molar-refractivity contribution in [2.45, 2.75) is 32.4 Å². The van der Waals surface area contributed by atoms with Crippen molar-refractivity contribution in [3.05, 3.63) is 47.8 Å². The van der Waals surface area contributed by atoms with Crippen LogP contribution in [0.4, 0.5) is 0 Å². The van der Waals surface area contributed by atoms with Crippen molar-refractivity contribution in [3.8, 4) is 5.75 Å². The Balaban J connectivity index is 2.13. The lowest BCUT2D eigenvalue weighted by molar-refractivity contribution is 0.172. The van der Waals surface area contributed by atoms with Gasteiger partial charge in [0.2, 0.25) is 0 Å². The third-order valence-corrected chi connectivity index (χ3v) is 3.09. The van der Waals surface area contributed by atoms with Crippen LogP contribution in [0.5, 0.6) is 5.75 Å². The number of para-hydroxylation sites is 1. The van der Waals surface area contributed by atoms with Crippen LogP contribution in [0.25, 0.3) is 0 Å². The summed E-state index contributed by atoms with van der Waals surface area (Å²) in [6.45, 7) is 4.15. The Morgan fingerprint density at radius 2 is 2.00 bits per heavy atom. The van der Waals surface area contributed by atoms with E-state index in [1.807, 2.05) is 41.2 Å². The van der Waals surface area contributed by atoms with E-state index in [1.54, 1.807) is 7.11 Å². The average Bonchev–Trinajstić information content (AvgIpc) is 2.87. The van der Waals surface area contributed by atoms with Crippen molar-refractivity contribution in [1.29, 1.82) is 0 Å². The molecule has 1 unspecified atom stereocenters. The zero-order valence-electron chi connectivity index (χ0n) is 11.6. The molecule has 1 heterocycles. The number of aliphatic hydroxyl groups is 1. The monoisotopic (exact) mass is 260 g/mol. The molecule has 0 saturated heterocycles. The maximum absolute atomic E-state index is 10.3. The Bertz CT molecular complexity index is 534. The van der Waals surface area contributed by atoms with Crippen molar-refractivity contribution in [2.24, 2.45) is 0 Å². The van der Waals surface area contributed by atoms with E-state index in [4.69, 9.17) is 4.74 Å². The molecule has 1 aromatic carbocycles. The van der Waals surface area contributed by atoms with E-state index in [0.29, 0.717) is 18.2 Å². The minimum Gasteiger partial charge on any atom is -0.496 e. The lowest BCUT2D eigenvalue weighted by atomic mass is 10.0. The summed E-state index contributed by atoms with van der Waals surface area (Å²) >= 11 is 0. The molecule has 0 aliphatic carbocycles. The summed E-state index contributed by atoms with van der Waals surface area (Å²) in [7, 11) is 1.61. The second-order valence-corrected chi connectivity index (χ2v) is 4.84. The summed E-state index contributed by atoms with van der Waals surface area (Å²) in [4.78, 5) is 0. The molecule has 0 fully saturated rings. The number of aromatic nitrogens is 2. The Morgan fingerprint density at radius 3 is 2.63 bits per heavy atom. The fraction of sp³-hybridized carbons (Fsp3) is 0.400. The average molecular weight is 260 g/mol. The highest BCUT2D eigenvalue weighted by Crippen LogP contribution is 2.26. The molecule has 0 radical (unpaired) electrons. The summed E-state index contributed by atoms with van der Waals surface area (Å²) in [6, 6.07) is 9.79. The summed E-state index contributed by atoms with van der Waals surface area (Å²) in [6.07, 6.45) is 1.82. The molecule has 102 valence electrons. The Morgan fingerprint density at radius 1 is 1.26 bits per heavy atom. The van der Waals surface area contributed by atoms with Gasteiger partial charge >= 0.3 is 0 Å². The Kier molecular flexibility index (Phi) is 4.22. The molecular formula is C15H20N2O2. The molecule has 0 saturated carbocycles. The number of methoxy groups -OCH3 is 1. The molecule has 0 amide bonds. The summed E-state index contributed by atoms with van der Waals surface area (Å²) in [5.41, 5.74) is 1.68. The third-order valence-electron chi connectivity index (χ3n) is 3.09. The van der Waals surface area contributed by atoms with Gasteiger partial charge in [-0.05, 0) is 26.0 Å². The van der Waals surface area contributed by atoms with Crippen LogP contribution in [0.3, 0.4) is 0 Å². The van der Waals surface area contributed by atoms with Gasteiger partial charge in [0.25, 0.3) is 0 Å². The van der Waals surface area contributed by atoms with E-state index in [9.17, 15) is 5.11 Å². The minimum atomic E-state index is -0.605. The van der Waals surface area contributed by atoms with E-state index in [-0.39, 0.29) is 0 Å². The molecule has 2 rings (SSSR count). The summed E-state index contributed by atoms with van der Waals surface area (Å²) in [5.74, 6) is 0.707. The number of hydrogen-bond acceptors (Lipinski definition) is 3. The van der Waals surface area contributed by atoms with Gasteiger partial charge in [0.05, 0.1) is 18.9 Å². The van der Waals surface area contributed by atoms with Gasteiger partial charge in [-0.3, -0.25) is 4.68 Å². The molecule has 0 aliphatic rings. The number of benzene rings is 1. The van der Waals surface area contributed by atoms with Crippen molar-refractivity contribution in [3.63, 3.8) is 0 Å². The molecule has 2 aromatic rings. The maximum Gasteiger partial charge on any atom is 0.124 e. The lowest BCUT2D eigenvalue weighted by Crippen LogP contribution is -2.06. The van der Waals surface area contributed by atoms with Crippen molar-refractivity contribution >= 4 is 0 Å². The van der Waals surface area contributed by atoms with Gasteiger partial charge in [-0.1, -0.05) is 18.2 Å². The van der Waals surface area contributed by atoms with Crippen LogP contribution in [0.1, 0.15) is 37.3 Å². The minimum absolute atomic E-state index is 0.331. The predicted octanol–water partition coefficient (Wildman–Crippen LogP) is 2.75. The smallest absolute Gasteiger partial charge is 0.124 e. The van der Waals surface area contributed by atoms with E-state index >= 15 is 0 Å². The van der Waals surface area contributed by atoms with E-state index in [2.05, 4.69) is 18.9 Å². The normalized spacial score (nSPS) is 12.7. The zero-order valence-corrected chi connectivity index (χ0v) is 11.6. The van der Waals surface area contributed by atoms with Crippen LogP contribution in [-0.4, -0.2) is 22.0 Å². The third kappa shape index (κ3) is 3.15. The van der Waals surface area contributed by atoms with Gasteiger partial charge < -0.3 is 9.84 Å². The topological polar surface area (TPSA) is 47.3 Å². The first-order chi connectivity index (χ1) is 9.11. The van der Waals surface area contributed by atoms with Gasteiger partial charge in [-0.25, -0.2) is 0 Å². The van der Waals surface area contributed by atoms with Crippen LogP contribution in [0.2, 0.25) is 0 Å². The first kappa shape index (κ1) is 13.6. The van der Waals surface area contributed by atoms with Crippen molar-refractivity contribution in [2.75, 3.05) is 7.11 Å². The molecule has 1 aromatic heterocycles. The van der Waals surface area contributed by atoms with Crippen molar-refractivity contribution < 1.29 is 9.84 Å². The SMILES string of the molecule is COc1ccccc1C(O)Cc1ccn(C(C)C)n1. The molecule has 19 heavy (non-hydrogen) atoms. The van der Waals surface area contributed by atoms with Gasteiger partial charge in [-0.2, -0.15) is 5.10 Å². The maximum atomic E-state index is 10.3. The second kappa shape index (κ2) is 5.89. The number of hydrogen-bond donors (Lipinski definition) is 1. The fourth-order valence-corrected chi connectivity index (χ4v) is 2.02. The van der Waals surface area contributed by atoms with Gasteiger partial charge in [-0.15, -0.1) is 0 Å². The molecular weight excluding hydrogens is 240 g/mol. The fourth-order valence-electron chi connectivity index (χ4n) is 2.02. The molecule has 4 heteroatoms. The van der Waals surface area contributed by atoms with Gasteiger partial charge in [0.1, 0.15) is 5.75 Å². The lowest BCUT2D eigenvalue weighted by Gasteiger charge is -2.13.